The van der Waals surface area contributed by atoms with Crippen molar-refractivity contribution in [2.45, 2.75) is 39.0 Å². The van der Waals surface area contributed by atoms with Crippen LogP contribution in [-0.4, -0.2) is 35.0 Å². The standard InChI is InChI=1S/C17H23NO3/c1-12(2)10-18(11-16(19)20)17(21)15-8-6-14(7-9-15)13-4-3-5-13/h6-9,12-13H,3-5,10-11H2,1-2H3,(H,19,20). The summed E-state index contributed by atoms with van der Waals surface area (Å²) in [5, 5.41) is 8.96. The van der Waals surface area contributed by atoms with Gasteiger partial charge in [-0.25, -0.2) is 0 Å². The molecule has 1 fully saturated rings. The number of carbonyl (C=O) groups excluding carboxylic acids is 1. The van der Waals surface area contributed by atoms with Crippen LogP contribution >= 0.6 is 0 Å². The van der Waals surface area contributed by atoms with E-state index in [2.05, 4.69) is 0 Å². The third-order valence-corrected chi connectivity index (χ3v) is 3.93. The predicted octanol–water partition coefficient (Wildman–Crippen LogP) is 3.14. The first-order valence-electron chi connectivity index (χ1n) is 7.58. The molecule has 1 N–H and O–H groups in total. The Labute approximate surface area is 125 Å². The molecule has 1 aliphatic carbocycles. The van der Waals surface area contributed by atoms with Crippen LogP contribution in [0.25, 0.3) is 0 Å². The summed E-state index contributed by atoms with van der Waals surface area (Å²) in [5.41, 5.74) is 1.85. The summed E-state index contributed by atoms with van der Waals surface area (Å²) in [4.78, 5) is 24.8. The van der Waals surface area contributed by atoms with Gasteiger partial charge in [-0.1, -0.05) is 32.4 Å². The summed E-state index contributed by atoms with van der Waals surface area (Å²) in [6.07, 6.45) is 3.74. The number of carboxylic acids is 1. The zero-order valence-corrected chi connectivity index (χ0v) is 12.7. The Bertz CT molecular complexity index is 503. The van der Waals surface area contributed by atoms with Crippen LogP contribution in [0.2, 0.25) is 0 Å². The van der Waals surface area contributed by atoms with Gasteiger partial charge in [0.1, 0.15) is 6.54 Å². The monoisotopic (exact) mass is 289 g/mol. The average Bonchev–Trinajstić information content (AvgIpc) is 2.35. The fraction of sp³-hybridized carbons (Fsp3) is 0.529. The maximum absolute atomic E-state index is 12.4. The van der Waals surface area contributed by atoms with Crippen molar-refractivity contribution in [2.24, 2.45) is 5.92 Å². The van der Waals surface area contributed by atoms with Crippen LogP contribution in [0, 0.1) is 5.92 Å². The number of hydrogen-bond acceptors (Lipinski definition) is 2. The van der Waals surface area contributed by atoms with Gasteiger partial charge in [-0.15, -0.1) is 0 Å². The zero-order chi connectivity index (χ0) is 15.4. The summed E-state index contributed by atoms with van der Waals surface area (Å²) in [6, 6.07) is 7.66. The van der Waals surface area contributed by atoms with Crippen LogP contribution in [0.15, 0.2) is 24.3 Å². The molecule has 1 amide bonds. The SMILES string of the molecule is CC(C)CN(CC(=O)O)C(=O)c1ccc(C2CCC2)cc1. The number of nitrogens with zero attached hydrogens (tertiary/aromatic N) is 1. The average molecular weight is 289 g/mol. The number of carbonyl (C=O) groups is 2. The van der Waals surface area contributed by atoms with Gasteiger partial charge in [0.2, 0.25) is 0 Å². The van der Waals surface area contributed by atoms with Crippen molar-refractivity contribution in [1.29, 1.82) is 0 Å². The fourth-order valence-corrected chi connectivity index (χ4v) is 2.65. The van der Waals surface area contributed by atoms with E-state index < -0.39 is 5.97 Å². The van der Waals surface area contributed by atoms with E-state index in [1.165, 1.54) is 29.7 Å². The highest BCUT2D eigenvalue weighted by Gasteiger charge is 2.22. The zero-order valence-electron chi connectivity index (χ0n) is 12.7. The van der Waals surface area contributed by atoms with E-state index in [0.717, 1.165) is 0 Å². The fourth-order valence-electron chi connectivity index (χ4n) is 2.65. The number of aliphatic carboxylic acids is 1. The van der Waals surface area contributed by atoms with E-state index >= 15 is 0 Å². The van der Waals surface area contributed by atoms with Gasteiger partial charge in [0, 0.05) is 12.1 Å². The van der Waals surface area contributed by atoms with E-state index in [1.807, 2.05) is 38.1 Å². The van der Waals surface area contributed by atoms with Crippen LogP contribution in [0.1, 0.15) is 54.9 Å². The summed E-state index contributed by atoms with van der Waals surface area (Å²) in [5.74, 6) is -0.302. The molecule has 114 valence electrons. The third kappa shape index (κ3) is 4.06. The molecular weight excluding hydrogens is 266 g/mol. The normalized spacial score (nSPS) is 14.8. The second-order valence-corrected chi connectivity index (χ2v) is 6.22. The molecule has 0 radical (unpaired) electrons. The lowest BCUT2D eigenvalue weighted by Gasteiger charge is -2.26. The first-order chi connectivity index (χ1) is 9.97. The second kappa shape index (κ2) is 6.74. The third-order valence-electron chi connectivity index (χ3n) is 3.93. The van der Waals surface area contributed by atoms with Crippen molar-refractivity contribution in [3.05, 3.63) is 35.4 Å². The quantitative estimate of drug-likeness (QED) is 0.875. The molecule has 21 heavy (non-hydrogen) atoms. The summed E-state index contributed by atoms with van der Waals surface area (Å²) < 4.78 is 0. The minimum absolute atomic E-state index is 0.203. The molecule has 0 bridgehead atoms. The lowest BCUT2D eigenvalue weighted by molar-refractivity contribution is -0.137. The van der Waals surface area contributed by atoms with Crippen molar-refractivity contribution in [3.8, 4) is 0 Å². The van der Waals surface area contributed by atoms with E-state index in [1.54, 1.807) is 0 Å². The van der Waals surface area contributed by atoms with Crippen molar-refractivity contribution < 1.29 is 14.7 Å². The van der Waals surface area contributed by atoms with Gasteiger partial charge in [-0.05, 0) is 42.4 Å². The van der Waals surface area contributed by atoms with Gasteiger partial charge in [0.05, 0.1) is 0 Å². The maximum Gasteiger partial charge on any atom is 0.323 e. The molecule has 0 aliphatic heterocycles. The highest BCUT2D eigenvalue weighted by molar-refractivity contribution is 5.95. The summed E-state index contributed by atoms with van der Waals surface area (Å²) in [6.45, 7) is 4.15. The van der Waals surface area contributed by atoms with Gasteiger partial charge in [-0.2, -0.15) is 0 Å². The van der Waals surface area contributed by atoms with Gasteiger partial charge in [-0.3, -0.25) is 9.59 Å². The van der Waals surface area contributed by atoms with Crippen molar-refractivity contribution in [2.75, 3.05) is 13.1 Å². The van der Waals surface area contributed by atoms with Crippen LogP contribution in [0.4, 0.5) is 0 Å². The van der Waals surface area contributed by atoms with Gasteiger partial charge < -0.3 is 10.0 Å². The van der Waals surface area contributed by atoms with Gasteiger partial charge in [0.15, 0.2) is 0 Å². The molecule has 0 saturated heterocycles. The molecule has 0 heterocycles. The number of hydrogen-bond donors (Lipinski definition) is 1. The van der Waals surface area contributed by atoms with Gasteiger partial charge in [0.25, 0.3) is 5.91 Å². The molecule has 1 aliphatic rings. The molecule has 0 spiro atoms. The number of benzene rings is 1. The molecule has 1 saturated carbocycles. The number of rotatable bonds is 6. The highest BCUT2D eigenvalue weighted by atomic mass is 16.4. The molecular formula is C17H23NO3. The molecule has 0 unspecified atom stereocenters. The molecule has 0 atom stereocenters. The molecule has 1 aromatic rings. The first-order valence-corrected chi connectivity index (χ1v) is 7.58. The van der Waals surface area contributed by atoms with E-state index in [0.29, 0.717) is 18.0 Å². The van der Waals surface area contributed by atoms with Crippen LogP contribution in [0.3, 0.4) is 0 Å². The van der Waals surface area contributed by atoms with E-state index in [-0.39, 0.29) is 18.4 Å². The van der Waals surface area contributed by atoms with Crippen LogP contribution in [0.5, 0.6) is 0 Å². The smallest absolute Gasteiger partial charge is 0.323 e. The summed E-state index contributed by atoms with van der Waals surface area (Å²) in [7, 11) is 0. The number of amides is 1. The second-order valence-electron chi connectivity index (χ2n) is 6.22. The van der Waals surface area contributed by atoms with Crippen LogP contribution < -0.4 is 0 Å². The Kier molecular flexibility index (Phi) is 4.99. The molecule has 0 aromatic heterocycles. The first kappa shape index (κ1) is 15.5. The van der Waals surface area contributed by atoms with E-state index in [4.69, 9.17) is 5.11 Å². The van der Waals surface area contributed by atoms with E-state index in [9.17, 15) is 9.59 Å². The topological polar surface area (TPSA) is 57.6 Å². The van der Waals surface area contributed by atoms with Gasteiger partial charge >= 0.3 is 5.97 Å². The molecule has 1 aromatic carbocycles. The number of carboxylic acid groups (broad SMARTS) is 1. The summed E-state index contributed by atoms with van der Waals surface area (Å²) >= 11 is 0. The highest BCUT2D eigenvalue weighted by Crippen LogP contribution is 2.36. The lowest BCUT2D eigenvalue weighted by Crippen LogP contribution is -2.38. The van der Waals surface area contributed by atoms with Crippen molar-refractivity contribution in [3.63, 3.8) is 0 Å². The Balaban J connectivity index is 2.09. The predicted molar refractivity (Wildman–Crippen MR) is 81.4 cm³/mol. The molecule has 2 rings (SSSR count). The Morgan fingerprint density at radius 2 is 1.86 bits per heavy atom. The molecule has 4 nitrogen and oxygen atoms in total. The van der Waals surface area contributed by atoms with Crippen LogP contribution in [-0.2, 0) is 4.79 Å². The van der Waals surface area contributed by atoms with Crippen molar-refractivity contribution in [1.82, 2.24) is 4.90 Å². The minimum atomic E-state index is -0.977. The minimum Gasteiger partial charge on any atom is -0.480 e. The Hall–Kier alpha value is -1.84. The molecule has 4 heteroatoms. The van der Waals surface area contributed by atoms with Crippen molar-refractivity contribution >= 4 is 11.9 Å². The largest absolute Gasteiger partial charge is 0.480 e. The Morgan fingerprint density at radius 1 is 1.24 bits per heavy atom. The maximum atomic E-state index is 12.4. The Morgan fingerprint density at radius 3 is 2.29 bits per heavy atom. The lowest BCUT2D eigenvalue weighted by atomic mass is 9.80.